The van der Waals surface area contributed by atoms with Gasteiger partial charge >= 0.3 is 0 Å². The van der Waals surface area contributed by atoms with Crippen molar-refractivity contribution < 1.29 is 13.2 Å². The molecule has 0 saturated heterocycles. The summed E-state index contributed by atoms with van der Waals surface area (Å²) in [5, 5.41) is 8.29. The second-order valence-corrected chi connectivity index (χ2v) is 7.03. The van der Waals surface area contributed by atoms with E-state index in [9.17, 15) is 13.2 Å². The third-order valence-electron chi connectivity index (χ3n) is 3.78. The summed E-state index contributed by atoms with van der Waals surface area (Å²) in [4.78, 5) is 12.7. The van der Waals surface area contributed by atoms with Crippen LogP contribution in [0.5, 0.6) is 0 Å². The average Bonchev–Trinajstić information content (AvgIpc) is 2.54. The van der Waals surface area contributed by atoms with Crippen molar-refractivity contribution in [1.82, 2.24) is 4.31 Å². The molecule has 22 heavy (non-hydrogen) atoms. The number of hydrogen-bond donors (Lipinski definition) is 1. The Kier molecular flexibility index (Phi) is 3.42. The second-order valence-electron chi connectivity index (χ2n) is 5.06. The maximum Gasteiger partial charge on any atom is 0.244 e. The number of likely N-dealkylation sites (N-methyl/N-ethyl adjacent to an activating group) is 1. The summed E-state index contributed by atoms with van der Waals surface area (Å²) in [6.45, 7) is 0. The third-order valence-corrected chi connectivity index (χ3v) is 5.66. The van der Waals surface area contributed by atoms with Crippen molar-refractivity contribution in [2.75, 3.05) is 7.05 Å². The van der Waals surface area contributed by atoms with Crippen LogP contribution in [-0.2, 0) is 10.0 Å². The van der Waals surface area contributed by atoms with Crippen molar-refractivity contribution >= 4 is 21.5 Å². The van der Waals surface area contributed by atoms with E-state index in [1.807, 2.05) is 0 Å². The Balaban J connectivity index is 2.15. The first-order chi connectivity index (χ1) is 10.4. The highest BCUT2D eigenvalue weighted by Gasteiger charge is 2.43. The molecule has 0 radical (unpaired) electrons. The number of rotatable bonds is 2. The van der Waals surface area contributed by atoms with Crippen LogP contribution in [0.2, 0.25) is 0 Å². The molecule has 1 N–H and O–H groups in total. The molecule has 112 valence electrons. The average molecular weight is 314 g/mol. The van der Waals surface area contributed by atoms with E-state index >= 15 is 0 Å². The van der Waals surface area contributed by atoms with Gasteiger partial charge in [-0.2, -0.15) is 4.31 Å². The molecule has 1 aliphatic heterocycles. The van der Waals surface area contributed by atoms with E-state index in [1.165, 1.54) is 13.1 Å². The van der Waals surface area contributed by atoms with Gasteiger partial charge in [0.05, 0.1) is 10.6 Å². The first-order valence-electron chi connectivity index (χ1n) is 6.69. The van der Waals surface area contributed by atoms with Crippen LogP contribution in [0, 0.1) is 5.41 Å². The number of sulfonamides is 1. The number of Topliss-reactive ketones (excluding diaryl/α,β-unsaturated/α-hetero) is 1. The van der Waals surface area contributed by atoms with Crippen LogP contribution in [0.25, 0.3) is 0 Å². The van der Waals surface area contributed by atoms with E-state index in [2.05, 4.69) is 0 Å². The van der Waals surface area contributed by atoms with E-state index in [0.717, 1.165) is 4.31 Å². The summed E-state index contributed by atoms with van der Waals surface area (Å²) in [6, 6.07) is 13.6. The molecule has 1 aliphatic rings. The highest BCUT2D eigenvalue weighted by atomic mass is 32.2. The minimum absolute atomic E-state index is 0.00165. The fourth-order valence-electron chi connectivity index (χ4n) is 2.59. The Bertz CT molecular complexity index is 860. The fraction of sp³-hybridized carbons (Fsp3) is 0.125. The number of hydrogen-bond acceptors (Lipinski definition) is 4. The maximum absolute atomic E-state index is 12.7. The van der Waals surface area contributed by atoms with Crippen molar-refractivity contribution in [1.29, 1.82) is 5.41 Å². The smallest absolute Gasteiger partial charge is 0.244 e. The predicted molar refractivity (Wildman–Crippen MR) is 82.8 cm³/mol. The van der Waals surface area contributed by atoms with E-state index in [4.69, 9.17) is 5.41 Å². The van der Waals surface area contributed by atoms with Crippen LogP contribution >= 0.6 is 0 Å². The summed E-state index contributed by atoms with van der Waals surface area (Å²) in [5.41, 5.74) is 0.676. The monoisotopic (exact) mass is 314 g/mol. The van der Waals surface area contributed by atoms with Crippen LogP contribution in [0.4, 0.5) is 0 Å². The lowest BCUT2D eigenvalue weighted by atomic mass is 9.95. The summed E-state index contributed by atoms with van der Waals surface area (Å²) in [5.74, 6) is -0.397. The minimum atomic E-state index is -3.78. The molecular formula is C16H14N2O3S. The van der Waals surface area contributed by atoms with Crippen molar-refractivity contribution in [3.05, 3.63) is 65.7 Å². The molecule has 1 heterocycles. The zero-order valence-electron chi connectivity index (χ0n) is 11.9. The zero-order chi connectivity index (χ0) is 15.9. The van der Waals surface area contributed by atoms with Crippen molar-refractivity contribution in [2.24, 2.45) is 0 Å². The lowest BCUT2D eigenvalue weighted by Gasteiger charge is -2.32. The number of nitrogens with zero attached hydrogens (tertiary/aromatic N) is 1. The molecule has 0 spiro atoms. The van der Waals surface area contributed by atoms with Gasteiger partial charge in [0.1, 0.15) is 6.04 Å². The van der Waals surface area contributed by atoms with E-state index in [1.54, 1.807) is 48.5 Å². The second kappa shape index (κ2) is 5.15. The zero-order valence-corrected chi connectivity index (χ0v) is 12.7. The highest BCUT2D eigenvalue weighted by Crippen LogP contribution is 2.30. The van der Waals surface area contributed by atoms with Crippen LogP contribution in [0.3, 0.4) is 0 Å². The van der Waals surface area contributed by atoms with Crippen LogP contribution in [-0.4, -0.2) is 37.3 Å². The van der Waals surface area contributed by atoms with E-state index < -0.39 is 21.8 Å². The summed E-state index contributed by atoms with van der Waals surface area (Å²) < 4.78 is 26.1. The molecular weight excluding hydrogens is 300 g/mol. The standard InChI is InChI=1S/C16H14N2O3S/c1-18-15(16(19)11-7-3-2-4-8-11)14(17)12-9-5-6-10-13(12)22(18,20)21/h2-10,15,17H,1H3/t15-/m1/s1. The molecule has 0 aliphatic carbocycles. The van der Waals surface area contributed by atoms with Gasteiger partial charge in [-0.25, -0.2) is 8.42 Å². The quantitative estimate of drug-likeness (QED) is 0.860. The molecule has 5 nitrogen and oxygen atoms in total. The molecule has 0 amide bonds. The van der Waals surface area contributed by atoms with Gasteiger partial charge in [-0.05, 0) is 6.07 Å². The van der Waals surface area contributed by atoms with Gasteiger partial charge in [0.15, 0.2) is 5.78 Å². The van der Waals surface area contributed by atoms with Crippen LogP contribution in [0.15, 0.2) is 59.5 Å². The number of carbonyl (C=O) groups is 1. The summed E-state index contributed by atoms with van der Waals surface area (Å²) >= 11 is 0. The molecule has 0 saturated carbocycles. The fourth-order valence-corrected chi connectivity index (χ4v) is 4.09. The molecule has 2 aromatic rings. The number of ketones is 1. The topological polar surface area (TPSA) is 78.3 Å². The van der Waals surface area contributed by atoms with Crippen molar-refractivity contribution in [3.63, 3.8) is 0 Å². The molecule has 2 aromatic carbocycles. The van der Waals surface area contributed by atoms with Crippen molar-refractivity contribution in [2.45, 2.75) is 10.9 Å². The molecule has 0 aromatic heterocycles. The SMILES string of the molecule is CN1[C@@H](C(=O)c2ccccc2)C(=N)c2ccccc2S1(=O)=O. The number of fused-ring (bicyclic) bond motifs is 1. The predicted octanol–water partition coefficient (Wildman–Crippen LogP) is 1.94. The first-order valence-corrected chi connectivity index (χ1v) is 8.14. The van der Waals surface area contributed by atoms with Gasteiger partial charge in [-0.1, -0.05) is 48.5 Å². The Hall–Kier alpha value is -2.31. The van der Waals surface area contributed by atoms with Crippen molar-refractivity contribution in [3.8, 4) is 0 Å². The van der Waals surface area contributed by atoms with Gasteiger partial charge < -0.3 is 5.41 Å². The minimum Gasteiger partial charge on any atom is -0.302 e. The van der Waals surface area contributed by atoms with Crippen LogP contribution < -0.4 is 0 Å². The Morgan fingerprint density at radius 2 is 1.64 bits per heavy atom. The van der Waals surface area contributed by atoms with Crippen LogP contribution in [0.1, 0.15) is 15.9 Å². The molecule has 3 rings (SSSR count). The molecule has 1 atom stereocenters. The van der Waals surface area contributed by atoms with Gasteiger partial charge in [0, 0.05) is 18.2 Å². The lowest BCUT2D eigenvalue weighted by Crippen LogP contribution is -2.51. The van der Waals surface area contributed by atoms with Gasteiger partial charge in [-0.3, -0.25) is 4.79 Å². The normalized spacial score (nSPS) is 20.4. The molecule has 6 heteroatoms. The summed E-state index contributed by atoms with van der Waals surface area (Å²) in [6.07, 6.45) is 0. The molecule has 0 bridgehead atoms. The summed E-state index contributed by atoms with van der Waals surface area (Å²) in [7, 11) is -2.45. The first kappa shape index (κ1) is 14.6. The van der Waals surface area contributed by atoms with E-state index in [-0.39, 0.29) is 16.2 Å². The lowest BCUT2D eigenvalue weighted by molar-refractivity contribution is 0.0944. The maximum atomic E-state index is 12.7. The number of nitrogens with one attached hydrogen (secondary N) is 1. The van der Waals surface area contributed by atoms with Gasteiger partial charge in [0.2, 0.25) is 10.0 Å². The highest BCUT2D eigenvalue weighted by molar-refractivity contribution is 7.89. The number of benzene rings is 2. The third kappa shape index (κ3) is 2.08. The van der Waals surface area contributed by atoms with Gasteiger partial charge in [0.25, 0.3) is 0 Å². The molecule has 0 fully saturated rings. The Morgan fingerprint density at radius 1 is 1.05 bits per heavy atom. The Morgan fingerprint density at radius 3 is 2.32 bits per heavy atom. The van der Waals surface area contributed by atoms with E-state index in [0.29, 0.717) is 5.56 Å². The number of carbonyl (C=O) groups excluding carboxylic acids is 1. The molecule has 0 unspecified atom stereocenters. The van der Waals surface area contributed by atoms with Gasteiger partial charge in [-0.15, -0.1) is 0 Å². The Labute approximate surface area is 128 Å². The largest absolute Gasteiger partial charge is 0.302 e.